The highest BCUT2D eigenvalue weighted by molar-refractivity contribution is 7.79. The molecule has 17 heavy (non-hydrogen) atoms. The fourth-order valence-electron chi connectivity index (χ4n) is 1.57. The Kier molecular flexibility index (Phi) is 4.33. The third-order valence-corrected chi connectivity index (χ3v) is 4.37. The Morgan fingerprint density at radius 2 is 1.76 bits per heavy atom. The lowest BCUT2D eigenvalue weighted by Gasteiger charge is -2.39. The lowest BCUT2D eigenvalue weighted by atomic mass is 9.65. The molecule has 3 heteroatoms. The highest BCUT2D eigenvalue weighted by atomic mass is 32.1. The van der Waals surface area contributed by atoms with Crippen LogP contribution in [0.25, 0.3) is 0 Å². The Morgan fingerprint density at radius 1 is 1.18 bits per heavy atom. The van der Waals surface area contributed by atoms with Crippen molar-refractivity contribution in [3.63, 3.8) is 0 Å². The molecule has 0 spiro atoms. The smallest absolute Gasteiger partial charge is 0.130 e. The van der Waals surface area contributed by atoms with Gasteiger partial charge in [-0.1, -0.05) is 52.9 Å². The zero-order valence-corrected chi connectivity index (χ0v) is 13.2. The summed E-state index contributed by atoms with van der Waals surface area (Å²) in [6, 6.07) is 6.22. The van der Waals surface area contributed by atoms with Crippen LogP contribution in [0.15, 0.2) is 18.2 Å². The fourth-order valence-corrected chi connectivity index (χ4v) is 1.97. The van der Waals surface area contributed by atoms with Gasteiger partial charge in [0.15, 0.2) is 0 Å². The van der Waals surface area contributed by atoms with E-state index >= 15 is 0 Å². The van der Waals surface area contributed by atoms with Gasteiger partial charge >= 0.3 is 0 Å². The van der Waals surface area contributed by atoms with Crippen LogP contribution in [-0.2, 0) is 5.41 Å². The number of hydrogen-bond acceptors (Lipinski definition) is 2. The molecule has 0 saturated carbocycles. The third-order valence-electron chi connectivity index (χ3n) is 3.86. The van der Waals surface area contributed by atoms with Gasteiger partial charge in [0, 0.05) is 10.9 Å². The van der Waals surface area contributed by atoms with E-state index in [1.54, 1.807) is 5.37 Å². The van der Waals surface area contributed by atoms with E-state index < -0.39 is 0 Å². The van der Waals surface area contributed by atoms with Crippen molar-refractivity contribution in [1.82, 2.24) is 0 Å². The van der Waals surface area contributed by atoms with E-state index in [1.807, 2.05) is 6.07 Å². The van der Waals surface area contributed by atoms with Crippen molar-refractivity contribution in [2.75, 3.05) is 0 Å². The second kappa shape index (κ2) is 5.04. The molecule has 0 heterocycles. The molecule has 1 aromatic carbocycles. The summed E-state index contributed by atoms with van der Waals surface area (Å²) in [5.74, 6) is 0.804. The maximum Gasteiger partial charge on any atom is 0.130 e. The van der Waals surface area contributed by atoms with Crippen molar-refractivity contribution >= 4 is 27.1 Å². The molecule has 1 aromatic rings. The van der Waals surface area contributed by atoms with Gasteiger partial charge in [-0.3, -0.25) is 0 Å². The van der Waals surface area contributed by atoms with Gasteiger partial charge in [-0.25, -0.2) is 0 Å². The Bertz CT molecular complexity index is 419. The second-order valence-corrected chi connectivity index (χ2v) is 6.33. The average molecular weight is 268 g/mol. The van der Waals surface area contributed by atoms with Crippen LogP contribution < -0.4 is 4.52 Å². The molecule has 0 aliphatic rings. The van der Waals surface area contributed by atoms with Crippen LogP contribution >= 0.6 is 21.7 Å². The zero-order chi connectivity index (χ0) is 13.3. The van der Waals surface area contributed by atoms with Crippen LogP contribution in [0.3, 0.4) is 0 Å². The van der Waals surface area contributed by atoms with E-state index in [1.165, 1.54) is 5.56 Å². The van der Waals surface area contributed by atoms with Crippen molar-refractivity contribution in [3.8, 4) is 5.75 Å². The lowest BCUT2D eigenvalue weighted by Crippen LogP contribution is -2.34. The zero-order valence-electron chi connectivity index (χ0n) is 11.2. The Hall–Kier alpha value is -0.460. The summed E-state index contributed by atoms with van der Waals surface area (Å²) >= 11 is 5.03. The minimum atomic E-state index is 0.0828. The second-order valence-electron chi connectivity index (χ2n) is 5.86. The Balaban J connectivity index is 3.30. The molecule has 1 unspecified atom stereocenters. The van der Waals surface area contributed by atoms with Crippen LogP contribution in [0.5, 0.6) is 5.75 Å². The fraction of sp³-hybridized carbons (Fsp3) is 0.500. The van der Waals surface area contributed by atoms with Crippen LogP contribution in [0.4, 0.5) is 0 Å². The quantitative estimate of drug-likeness (QED) is 0.588. The minimum Gasteiger partial charge on any atom is -0.480 e. The van der Waals surface area contributed by atoms with Gasteiger partial charge in [0.25, 0.3) is 0 Å². The Labute approximate surface area is 112 Å². The summed E-state index contributed by atoms with van der Waals surface area (Å²) in [6.07, 6.45) is 0. The largest absolute Gasteiger partial charge is 0.480 e. The number of hydrogen-bond donors (Lipinski definition) is 0. The molecule has 0 amide bonds. The van der Waals surface area contributed by atoms with E-state index in [-0.39, 0.29) is 10.8 Å². The van der Waals surface area contributed by atoms with Crippen molar-refractivity contribution in [3.05, 3.63) is 29.3 Å². The molecule has 1 atom stereocenters. The average Bonchev–Trinajstić information content (AvgIpc) is 2.26. The van der Waals surface area contributed by atoms with E-state index in [9.17, 15) is 0 Å². The Morgan fingerprint density at radius 3 is 2.18 bits per heavy atom. The highest BCUT2D eigenvalue weighted by Gasteiger charge is 2.34. The van der Waals surface area contributed by atoms with Gasteiger partial charge in [0.2, 0.25) is 0 Å². The number of rotatable bonds is 3. The number of thiocarbonyl (C=S) groups is 1. The maximum atomic E-state index is 5.21. The summed E-state index contributed by atoms with van der Waals surface area (Å²) in [7, 11) is 2.26. The van der Waals surface area contributed by atoms with E-state index in [2.05, 4.69) is 56.2 Å². The molecule has 0 N–H and O–H groups in total. The van der Waals surface area contributed by atoms with Crippen LogP contribution in [-0.4, -0.2) is 5.37 Å². The van der Waals surface area contributed by atoms with E-state index in [0.717, 1.165) is 11.3 Å². The molecule has 0 aromatic heterocycles. The summed E-state index contributed by atoms with van der Waals surface area (Å²) in [6.45, 7) is 11.3. The molecule has 1 nitrogen and oxygen atoms in total. The predicted molar refractivity (Wildman–Crippen MR) is 82.0 cm³/mol. The molecule has 0 saturated heterocycles. The SMILES string of the molecule is CC(C)(C)C(C)(C)c1ccc(OP)c(C=S)c1. The van der Waals surface area contributed by atoms with Crippen molar-refractivity contribution in [2.45, 2.75) is 40.0 Å². The first-order valence-corrected chi connectivity index (χ1v) is 6.65. The predicted octanol–water partition coefficient (Wildman–Crippen LogP) is 4.53. The molecule has 1 rings (SSSR count). The van der Waals surface area contributed by atoms with E-state index in [4.69, 9.17) is 16.7 Å². The van der Waals surface area contributed by atoms with E-state index in [0.29, 0.717) is 0 Å². The normalized spacial score (nSPS) is 12.4. The van der Waals surface area contributed by atoms with Crippen LogP contribution in [0.1, 0.15) is 45.7 Å². The minimum absolute atomic E-state index is 0.0828. The molecule has 0 bridgehead atoms. The summed E-state index contributed by atoms with van der Waals surface area (Å²) < 4.78 is 5.21. The molecule has 0 radical (unpaired) electrons. The molecule has 94 valence electrons. The molecule has 0 aliphatic carbocycles. The number of benzene rings is 1. The van der Waals surface area contributed by atoms with Gasteiger partial charge in [0.1, 0.15) is 5.75 Å². The van der Waals surface area contributed by atoms with Crippen LogP contribution in [0, 0.1) is 5.41 Å². The topological polar surface area (TPSA) is 9.23 Å². The molecule has 0 aliphatic heterocycles. The standard InChI is InChI=1S/C14H21OPS/c1-13(2,3)14(4,5)11-6-7-12(15-16)10(8-11)9-17/h6-9H,16H2,1-5H3. The first-order valence-electron chi connectivity index (χ1n) is 5.70. The summed E-state index contributed by atoms with van der Waals surface area (Å²) in [5.41, 5.74) is 2.52. The molecular formula is C14H21OPS. The maximum absolute atomic E-state index is 5.21. The van der Waals surface area contributed by atoms with Gasteiger partial charge in [-0.2, -0.15) is 0 Å². The monoisotopic (exact) mass is 268 g/mol. The van der Waals surface area contributed by atoms with Gasteiger partial charge in [-0.15, -0.1) is 0 Å². The summed E-state index contributed by atoms with van der Waals surface area (Å²) in [5, 5.41) is 1.67. The molecular weight excluding hydrogens is 247 g/mol. The lowest BCUT2D eigenvalue weighted by molar-refractivity contribution is 0.225. The first kappa shape index (κ1) is 14.6. The van der Waals surface area contributed by atoms with Crippen molar-refractivity contribution in [1.29, 1.82) is 0 Å². The van der Waals surface area contributed by atoms with Crippen LogP contribution in [0.2, 0.25) is 0 Å². The molecule has 0 fully saturated rings. The highest BCUT2D eigenvalue weighted by Crippen LogP contribution is 2.41. The third kappa shape index (κ3) is 2.86. The van der Waals surface area contributed by atoms with Crippen molar-refractivity contribution < 1.29 is 4.52 Å². The van der Waals surface area contributed by atoms with Gasteiger partial charge in [-0.05, 0) is 28.5 Å². The first-order chi connectivity index (χ1) is 7.74. The van der Waals surface area contributed by atoms with Gasteiger partial charge in [0.05, 0.1) is 9.47 Å². The van der Waals surface area contributed by atoms with Gasteiger partial charge < -0.3 is 4.52 Å². The van der Waals surface area contributed by atoms with Crippen molar-refractivity contribution in [2.24, 2.45) is 5.41 Å². The summed E-state index contributed by atoms with van der Waals surface area (Å²) in [4.78, 5) is 0.